The number of thioether (sulfide) groups is 1. The van der Waals surface area contributed by atoms with E-state index >= 15 is 0 Å². The van der Waals surface area contributed by atoms with Gasteiger partial charge < -0.3 is 15.0 Å². The highest BCUT2D eigenvalue weighted by atomic mass is 32.2. The summed E-state index contributed by atoms with van der Waals surface area (Å²) in [7, 11) is -4.19. The molecule has 180 valence electrons. The minimum Gasteiger partial charge on any atom is -0.375 e. The van der Waals surface area contributed by atoms with E-state index in [1.54, 1.807) is 6.20 Å². The van der Waals surface area contributed by atoms with E-state index < -0.39 is 32.7 Å². The molecule has 2 heterocycles. The molecule has 2 N–H and O–H groups in total. The quantitative estimate of drug-likeness (QED) is 0.520. The first-order valence-corrected chi connectivity index (χ1v) is 13.5. The smallest absolute Gasteiger partial charge is 0.244 e. The Labute approximate surface area is 198 Å². The van der Waals surface area contributed by atoms with Crippen molar-refractivity contribution in [3.63, 3.8) is 0 Å². The van der Waals surface area contributed by atoms with Crippen molar-refractivity contribution < 1.29 is 22.3 Å². The highest BCUT2D eigenvalue weighted by molar-refractivity contribution is 7.98. The molecule has 2 aromatic rings. The van der Waals surface area contributed by atoms with Crippen LogP contribution in [0.1, 0.15) is 18.9 Å². The highest BCUT2D eigenvalue weighted by Gasteiger charge is 2.27. The number of ether oxygens (including phenoxy) is 1. The molecule has 1 saturated heterocycles. The first-order valence-electron chi connectivity index (χ1n) is 10.6. The third-order valence-corrected chi connectivity index (χ3v) is 7.34. The third kappa shape index (κ3) is 7.13. The highest BCUT2D eigenvalue weighted by Crippen LogP contribution is 2.17. The molecular weight excluding hydrogens is 467 g/mol. The zero-order chi connectivity index (χ0) is 23.8. The standard InChI is InChI=1S/C22H29FN4O4S2/c1-16-15-27(10-11-31-16)21-8-7-17(13-24-21)14-25-22(28)19(9-12-32-2)26-33(29,30)20-6-4-3-5-18(20)23/h3-8,13,16,19,26H,9-12,14-15H2,1-2H3,(H,25,28). The molecule has 0 saturated carbocycles. The molecule has 0 bridgehead atoms. The van der Waals surface area contributed by atoms with Gasteiger partial charge in [-0.15, -0.1) is 0 Å². The van der Waals surface area contributed by atoms with Crippen molar-refractivity contribution in [3.05, 3.63) is 54.0 Å². The van der Waals surface area contributed by atoms with Gasteiger partial charge in [-0.05, 0) is 49.1 Å². The predicted octanol–water partition coefficient (Wildman–Crippen LogP) is 2.16. The number of nitrogens with one attached hydrogen (secondary N) is 2. The number of hydrogen-bond acceptors (Lipinski definition) is 7. The lowest BCUT2D eigenvalue weighted by Crippen LogP contribution is -2.47. The Morgan fingerprint density at radius 3 is 2.79 bits per heavy atom. The van der Waals surface area contributed by atoms with Gasteiger partial charge in [0.05, 0.1) is 12.7 Å². The monoisotopic (exact) mass is 496 g/mol. The molecule has 8 nitrogen and oxygen atoms in total. The van der Waals surface area contributed by atoms with Crippen molar-refractivity contribution in [1.29, 1.82) is 0 Å². The average Bonchev–Trinajstić information content (AvgIpc) is 2.80. The molecule has 1 aromatic carbocycles. The second-order valence-corrected chi connectivity index (χ2v) is 10.4. The molecule has 1 aliphatic rings. The van der Waals surface area contributed by atoms with Crippen molar-refractivity contribution in [1.82, 2.24) is 15.0 Å². The minimum atomic E-state index is -4.19. The number of rotatable bonds is 10. The number of pyridine rings is 1. The average molecular weight is 497 g/mol. The maximum Gasteiger partial charge on any atom is 0.244 e. The van der Waals surface area contributed by atoms with E-state index in [4.69, 9.17) is 4.74 Å². The van der Waals surface area contributed by atoms with E-state index in [1.807, 2.05) is 25.3 Å². The van der Waals surface area contributed by atoms with E-state index in [0.717, 1.165) is 30.5 Å². The van der Waals surface area contributed by atoms with E-state index in [2.05, 4.69) is 19.9 Å². The molecule has 1 amide bonds. The first-order chi connectivity index (χ1) is 15.8. The number of benzene rings is 1. The number of morpholine rings is 1. The Kier molecular flexibility index (Phi) is 9.07. The summed E-state index contributed by atoms with van der Waals surface area (Å²) in [5.41, 5.74) is 0.786. The topological polar surface area (TPSA) is 101 Å². The molecule has 33 heavy (non-hydrogen) atoms. The van der Waals surface area contributed by atoms with Crippen LogP contribution in [0.15, 0.2) is 47.5 Å². The number of carbonyl (C=O) groups is 1. The second kappa shape index (κ2) is 11.8. The van der Waals surface area contributed by atoms with Gasteiger partial charge in [-0.25, -0.2) is 17.8 Å². The van der Waals surface area contributed by atoms with Crippen LogP contribution in [0, 0.1) is 5.82 Å². The van der Waals surface area contributed by atoms with E-state index in [-0.39, 0.29) is 19.1 Å². The van der Waals surface area contributed by atoms with E-state index in [0.29, 0.717) is 12.4 Å². The molecule has 0 spiro atoms. The van der Waals surface area contributed by atoms with Gasteiger partial charge in [0, 0.05) is 25.8 Å². The van der Waals surface area contributed by atoms with Gasteiger partial charge in [0.15, 0.2) is 0 Å². The van der Waals surface area contributed by atoms with Gasteiger partial charge >= 0.3 is 0 Å². The SMILES string of the molecule is CSCCC(NS(=O)(=O)c1ccccc1F)C(=O)NCc1ccc(N2CCOC(C)C2)nc1. The van der Waals surface area contributed by atoms with Gasteiger partial charge in [-0.1, -0.05) is 18.2 Å². The zero-order valence-electron chi connectivity index (χ0n) is 18.7. The zero-order valence-corrected chi connectivity index (χ0v) is 20.3. The van der Waals surface area contributed by atoms with Gasteiger partial charge in [0.2, 0.25) is 15.9 Å². The van der Waals surface area contributed by atoms with Gasteiger partial charge in [0.25, 0.3) is 0 Å². The summed E-state index contributed by atoms with van der Waals surface area (Å²) in [5.74, 6) is 0.0622. The molecule has 1 fully saturated rings. The van der Waals surface area contributed by atoms with Crippen molar-refractivity contribution in [3.8, 4) is 0 Å². The summed E-state index contributed by atoms with van der Waals surface area (Å²) in [4.78, 5) is 18.9. The molecule has 1 aliphatic heterocycles. The number of anilines is 1. The van der Waals surface area contributed by atoms with Gasteiger partial charge in [-0.3, -0.25) is 4.79 Å². The number of halogens is 1. The summed E-state index contributed by atoms with van der Waals surface area (Å²) < 4.78 is 47.2. The summed E-state index contributed by atoms with van der Waals surface area (Å²) in [6.45, 7) is 4.41. The fraction of sp³-hybridized carbons (Fsp3) is 0.455. The molecule has 0 radical (unpaired) electrons. The van der Waals surface area contributed by atoms with Crippen LogP contribution in [0.2, 0.25) is 0 Å². The summed E-state index contributed by atoms with van der Waals surface area (Å²) in [6, 6.07) is 7.83. The van der Waals surface area contributed by atoms with E-state index in [9.17, 15) is 17.6 Å². The van der Waals surface area contributed by atoms with Crippen LogP contribution >= 0.6 is 11.8 Å². The lowest BCUT2D eigenvalue weighted by Gasteiger charge is -2.32. The lowest BCUT2D eigenvalue weighted by atomic mass is 10.2. The van der Waals surface area contributed by atoms with Crippen LogP contribution in [0.4, 0.5) is 10.2 Å². The summed E-state index contributed by atoms with van der Waals surface area (Å²) in [6.07, 6.45) is 3.97. The van der Waals surface area contributed by atoms with Gasteiger partial charge in [-0.2, -0.15) is 16.5 Å². The first kappa shape index (κ1) is 25.4. The Bertz CT molecular complexity index is 1040. The van der Waals surface area contributed by atoms with Crippen LogP contribution in [-0.2, 0) is 26.1 Å². The van der Waals surface area contributed by atoms with Gasteiger partial charge in [0.1, 0.15) is 22.6 Å². The molecule has 2 unspecified atom stereocenters. The summed E-state index contributed by atoms with van der Waals surface area (Å²) >= 11 is 1.49. The van der Waals surface area contributed by atoms with Crippen molar-refractivity contribution >= 4 is 33.5 Å². The Hall–Kier alpha value is -2.21. The fourth-order valence-corrected chi connectivity index (χ4v) is 5.22. The minimum absolute atomic E-state index is 0.144. The maximum absolute atomic E-state index is 14.0. The molecule has 11 heteroatoms. The van der Waals surface area contributed by atoms with E-state index in [1.165, 1.54) is 30.0 Å². The fourth-order valence-electron chi connectivity index (χ4n) is 3.44. The Morgan fingerprint density at radius 2 is 2.12 bits per heavy atom. The Morgan fingerprint density at radius 1 is 1.33 bits per heavy atom. The third-order valence-electron chi connectivity index (χ3n) is 5.19. The molecule has 2 atom stereocenters. The number of carbonyl (C=O) groups excluding carboxylic acids is 1. The number of sulfonamides is 1. The number of hydrogen-bond donors (Lipinski definition) is 2. The normalized spacial score (nSPS) is 17.5. The largest absolute Gasteiger partial charge is 0.375 e. The number of aromatic nitrogens is 1. The molecule has 0 aliphatic carbocycles. The number of nitrogens with zero attached hydrogens (tertiary/aromatic N) is 2. The maximum atomic E-state index is 14.0. The number of amides is 1. The summed E-state index contributed by atoms with van der Waals surface area (Å²) in [5, 5.41) is 2.76. The lowest BCUT2D eigenvalue weighted by molar-refractivity contribution is -0.122. The van der Waals surface area contributed by atoms with Crippen LogP contribution < -0.4 is 14.9 Å². The van der Waals surface area contributed by atoms with Crippen LogP contribution in [0.3, 0.4) is 0 Å². The molecule has 3 rings (SSSR count). The molecular formula is C22H29FN4O4S2. The molecule has 1 aromatic heterocycles. The predicted molar refractivity (Wildman–Crippen MR) is 127 cm³/mol. The van der Waals surface area contributed by atoms with Crippen molar-refractivity contribution in [2.24, 2.45) is 0 Å². The van der Waals surface area contributed by atoms with Crippen molar-refractivity contribution in [2.75, 3.05) is 36.6 Å². The van der Waals surface area contributed by atoms with Crippen LogP contribution in [0.5, 0.6) is 0 Å². The second-order valence-electron chi connectivity index (χ2n) is 7.76. The van der Waals surface area contributed by atoms with Crippen LogP contribution in [0.25, 0.3) is 0 Å². The Balaban J connectivity index is 1.62. The van der Waals surface area contributed by atoms with Crippen molar-refractivity contribution in [2.45, 2.75) is 36.9 Å². The van der Waals surface area contributed by atoms with Crippen LogP contribution in [-0.4, -0.2) is 63.2 Å².